The number of phenolic OH excluding ortho intramolecular Hbond substituents is 1. The van der Waals surface area contributed by atoms with Crippen molar-refractivity contribution in [2.75, 3.05) is 18.5 Å². The molecule has 1 heterocycles. The first-order valence-electron chi connectivity index (χ1n) is 11.3. The number of nitrogens with one attached hydrogen (secondary N) is 2. The van der Waals surface area contributed by atoms with Crippen LogP contribution in [0.15, 0.2) is 48.5 Å². The molecule has 8 heteroatoms. The highest BCUT2D eigenvalue weighted by Gasteiger charge is 2.30. The number of phenols is 1. The minimum absolute atomic E-state index is 0.0232. The number of nitrogens with zero attached hydrogens (tertiary/aromatic N) is 2. The van der Waals surface area contributed by atoms with E-state index >= 15 is 0 Å². The van der Waals surface area contributed by atoms with E-state index in [1.54, 1.807) is 36.4 Å². The Labute approximate surface area is 192 Å². The number of rotatable bonds is 8. The Morgan fingerprint density at radius 2 is 1.88 bits per heavy atom. The van der Waals surface area contributed by atoms with Gasteiger partial charge in [0.1, 0.15) is 11.5 Å². The average molecular weight is 449 g/mol. The zero-order valence-electron chi connectivity index (χ0n) is 18.8. The minimum atomic E-state index is -0.280. The highest BCUT2D eigenvalue weighted by molar-refractivity contribution is 6.04. The highest BCUT2D eigenvalue weighted by atomic mass is 16.5. The van der Waals surface area contributed by atoms with Crippen molar-refractivity contribution >= 4 is 17.6 Å². The summed E-state index contributed by atoms with van der Waals surface area (Å²) in [6.45, 7) is 5.01. The summed E-state index contributed by atoms with van der Waals surface area (Å²) in [7, 11) is 0. The standard InChI is InChI=1S/C25H28N4O4/c1-3-13-26-25(32)29-22(16-5-6-16)15-21(28-29)20-14-18(9-12-23(20)30)27-24(31)17-7-10-19(11-8-17)33-4-2/h7-12,14-16,30H,3-6,13H2,1-2H3,(H,26,32)(H,27,31). The maximum atomic E-state index is 12.7. The molecule has 172 valence electrons. The predicted octanol–water partition coefficient (Wildman–Crippen LogP) is 4.75. The van der Waals surface area contributed by atoms with Gasteiger partial charge in [0, 0.05) is 29.3 Å². The zero-order valence-corrected chi connectivity index (χ0v) is 18.8. The van der Waals surface area contributed by atoms with E-state index in [2.05, 4.69) is 15.7 Å². The number of ether oxygens (including phenoxy) is 1. The Balaban J connectivity index is 1.57. The van der Waals surface area contributed by atoms with E-state index in [0.29, 0.717) is 47.3 Å². The molecule has 0 bridgehead atoms. The highest BCUT2D eigenvalue weighted by Crippen LogP contribution is 2.42. The third-order valence-corrected chi connectivity index (χ3v) is 5.41. The molecule has 4 rings (SSSR count). The van der Waals surface area contributed by atoms with Crippen molar-refractivity contribution in [2.45, 2.75) is 39.0 Å². The second kappa shape index (κ2) is 9.77. The predicted molar refractivity (Wildman–Crippen MR) is 126 cm³/mol. The minimum Gasteiger partial charge on any atom is -0.507 e. The van der Waals surface area contributed by atoms with Gasteiger partial charge in [0.25, 0.3) is 5.91 Å². The van der Waals surface area contributed by atoms with Crippen LogP contribution in [-0.4, -0.2) is 40.0 Å². The van der Waals surface area contributed by atoms with Crippen molar-refractivity contribution in [1.29, 1.82) is 0 Å². The van der Waals surface area contributed by atoms with Crippen LogP contribution in [0.4, 0.5) is 10.5 Å². The molecular formula is C25H28N4O4. The Hall–Kier alpha value is -3.81. The molecule has 0 unspecified atom stereocenters. The molecular weight excluding hydrogens is 420 g/mol. The van der Waals surface area contributed by atoms with Gasteiger partial charge in [-0.25, -0.2) is 4.79 Å². The van der Waals surface area contributed by atoms with Gasteiger partial charge in [-0.15, -0.1) is 0 Å². The lowest BCUT2D eigenvalue weighted by Gasteiger charge is -2.09. The van der Waals surface area contributed by atoms with E-state index in [-0.39, 0.29) is 17.7 Å². The summed E-state index contributed by atoms with van der Waals surface area (Å²) < 4.78 is 6.81. The third-order valence-electron chi connectivity index (χ3n) is 5.41. The van der Waals surface area contributed by atoms with Crippen LogP contribution in [0.1, 0.15) is 55.1 Å². The number of carbonyl (C=O) groups is 2. The van der Waals surface area contributed by atoms with Crippen LogP contribution in [-0.2, 0) is 0 Å². The number of anilines is 1. The topological polar surface area (TPSA) is 105 Å². The van der Waals surface area contributed by atoms with E-state index in [0.717, 1.165) is 25.0 Å². The summed E-state index contributed by atoms with van der Waals surface area (Å²) in [5.74, 6) is 0.738. The Morgan fingerprint density at radius 1 is 1.12 bits per heavy atom. The van der Waals surface area contributed by atoms with E-state index in [4.69, 9.17) is 4.74 Å². The number of amides is 2. The van der Waals surface area contributed by atoms with Crippen LogP contribution < -0.4 is 15.4 Å². The molecule has 1 aromatic heterocycles. The van der Waals surface area contributed by atoms with Gasteiger partial charge >= 0.3 is 6.03 Å². The molecule has 1 aliphatic rings. The molecule has 0 spiro atoms. The Morgan fingerprint density at radius 3 is 2.55 bits per heavy atom. The molecule has 2 aromatic carbocycles. The van der Waals surface area contributed by atoms with Crippen molar-refractivity contribution < 1.29 is 19.4 Å². The number of aromatic nitrogens is 2. The number of hydrogen-bond acceptors (Lipinski definition) is 5. The maximum absolute atomic E-state index is 12.7. The molecule has 3 aromatic rings. The fourth-order valence-electron chi connectivity index (χ4n) is 3.56. The average Bonchev–Trinajstić information content (AvgIpc) is 3.57. The molecule has 3 N–H and O–H groups in total. The van der Waals surface area contributed by atoms with Gasteiger partial charge in [-0.2, -0.15) is 9.78 Å². The number of hydrogen-bond donors (Lipinski definition) is 3. The van der Waals surface area contributed by atoms with Crippen molar-refractivity contribution in [2.24, 2.45) is 0 Å². The van der Waals surface area contributed by atoms with Crippen molar-refractivity contribution in [3.8, 4) is 22.8 Å². The van der Waals surface area contributed by atoms with Gasteiger partial charge in [0.2, 0.25) is 0 Å². The van der Waals surface area contributed by atoms with Gasteiger partial charge < -0.3 is 20.5 Å². The molecule has 0 atom stereocenters. The van der Waals surface area contributed by atoms with Crippen LogP contribution in [0, 0.1) is 0 Å². The van der Waals surface area contributed by atoms with Crippen LogP contribution in [0.3, 0.4) is 0 Å². The molecule has 1 saturated carbocycles. The second-order valence-electron chi connectivity index (χ2n) is 8.02. The molecule has 2 amide bonds. The molecule has 8 nitrogen and oxygen atoms in total. The van der Waals surface area contributed by atoms with Crippen LogP contribution in [0.5, 0.6) is 11.5 Å². The quantitative estimate of drug-likeness (QED) is 0.431. The van der Waals surface area contributed by atoms with E-state index < -0.39 is 0 Å². The van der Waals surface area contributed by atoms with Gasteiger partial charge in [0.05, 0.1) is 18.0 Å². The lowest BCUT2D eigenvalue weighted by molar-refractivity contribution is 0.102. The number of benzene rings is 2. The van der Waals surface area contributed by atoms with Crippen molar-refractivity contribution in [3.05, 3.63) is 59.8 Å². The summed E-state index contributed by atoms with van der Waals surface area (Å²) in [5.41, 5.74) is 2.77. The molecule has 1 fully saturated rings. The van der Waals surface area contributed by atoms with E-state index in [1.807, 2.05) is 19.9 Å². The fraction of sp³-hybridized carbons (Fsp3) is 0.320. The fourth-order valence-corrected chi connectivity index (χ4v) is 3.56. The van der Waals surface area contributed by atoms with Crippen molar-refractivity contribution in [1.82, 2.24) is 15.1 Å². The Kier molecular flexibility index (Phi) is 6.63. The smallest absolute Gasteiger partial charge is 0.342 e. The molecule has 1 aliphatic carbocycles. The van der Waals surface area contributed by atoms with Gasteiger partial charge in [-0.3, -0.25) is 4.79 Å². The molecule has 0 aliphatic heterocycles. The maximum Gasteiger partial charge on any atom is 0.342 e. The lowest BCUT2D eigenvalue weighted by atomic mass is 10.1. The van der Waals surface area contributed by atoms with Crippen LogP contribution in [0.25, 0.3) is 11.3 Å². The van der Waals surface area contributed by atoms with Crippen LogP contribution >= 0.6 is 0 Å². The molecule has 33 heavy (non-hydrogen) atoms. The third kappa shape index (κ3) is 5.16. The summed E-state index contributed by atoms with van der Waals surface area (Å²) in [5, 5.41) is 20.7. The monoisotopic (exact) mass is 448 g/mol. The Bertz CT molecular complexity index is 1150. The summed E-state index contributed by atoms with van der Waals surface area (Å²) in [6.07, 6.45) is 2.85. The number of carbonyl (C=O) groups excluding carboxylic acids is 2. The van der Waals surface area contributed by atoms with E-state index in [9.17, 15) is 14.7 Å². The lowest BCUT2D eigenvalue weighted by Crippen LogP contribution is -2.31. The first-order valence-corrected chi connectivity index (χ1v) is 11.3. The van der Waals surface area contributed by atoms with Gasteiger partial charge in [0.15, 0.2) is 0 Å². The first kappa shape index (κ1) is 22.4. The normalized spacial score (nSPS) is 12.9. The summed E-state index contributed by atoms with van der Waals surface area (Å²) >= 11 is 0. The molecule has 0 saturated heterocycles. The summed E-state index contributed by atoms with van der Waals surface area (Å²) in [4.78, 5) is 25.3. The second-order valence-corrected chi connectivity index (χ2v) is 8.02. The zero-order chi connectivity index (χ0) is 23.4. The van der Waals surface area contributed by atoms with Gasteiger partial charge in [-0.1, -0.05) is 6.92 Å². The molecule has 0 radical (unpaired) electrons. The largest absolute Gasteiger partial charge is 0.507 e. The van der Waals surface area contributed by atoms with Gasteiger partial charge in [-0.05, 0) is 74.7 Å². The van der Waals surface area contributed by atoms with Crippen molar-refractivity contribution in [3.63, 3.8) is 0 Å². The van der Waals surface area contributed by atoms with E-state index in [1.165, 1.54) is 10.7 Å². The first-order chi connectivity index (χ1) is 16.0. The van der Waals surface area contributed by atoms with Crippen LogP contribution in [0.2, 0.25) is 0 Å². The SMILES string of the molecule is CCCNC(=O)n1nc(-c2cc(NC(=O)c3ccc(OCC)cc3)ccc2O)cc1C1CC1. The summed E-state index contributed by atoms with van der Waals surface area (Å²) in [6, 6.07) is 13.2. The number of aromatic hydroxyl groups is 1.